The number of rotatable bonds is 4. The summed E-state index contributed by atoms with van der Waals surface area (Å²) in [6.45, 7) is 1.61. The smallest absolute Gasteiger partial charge is 0.346 e. The molecule has 0 unspecified atom stereocenters. The summed E-state index contributed by atoms with van der Waals surface area (Å²) in [4.78, 5) is 11.0. The number of carbonyl (C=O) groups is 1. The van der Waals surface area contributed by atoms with Crippen molar-refractivity contribution < 1.29 is 18.3 Å². The minimum Gasteiger partial charge on any atom is -0.477 e. The van der Waals surface area contributed by atoms with Crippen molar-refractivity contribution in [1.29, 1.82) is 0 Å². The van der Waals surface area contributed by atoms with Crippen molar-refractivity contribution in [3.8, 4) is 0 Å². The second-order valence-electron chi connectivity index (χ2n) is 4.49. The Bertz CT molecular complexity index is 556. The first-order chi connectivity index (χ1) is 8.40. The third-order valence-electron chi connectivity index (χ3n) is 3.03. The first kappa shape index (κ1) is 13.5. The Labute approximate surface area is 110 Å². The molecular formula is C11H15NO4S2. The lowest BCUT2D eigenvalue weighted by atomic mass is 10.3. The van der Waals surface area contributed by atoms with Gasteiger partial charge in [-0.05, 0) is 31.4 Å². The van der Waals surface area contributed by atoms with E-state index in [-0.39, 0.29) is 15.1 Å². The predicted octanol–water partition coefficient (Wildman–Crippen LogP) is 1.98. The maximum Gasteiger partial charge on any atom is 0.346 e. The molecule has 0 amide bonds. The van der Waals surface area contributed by atoms with E-state index < -0.39 is 16.0 Å². The molecule has 1 heterocycles. The molecule has 0 atom stereocenters. The molecule has 0 spiro atoms. The molecule has 1 fully saturated rings. The van der Waals surface area contributed by atoms with E-state index in [1.165, 1.54) is 6.07 Å². The monoisotopic (exact) mass is 289 g/mol. The molecule has 1 aromatic rings. The molecular weight excluding hydrogens is 274 g/mol. The molecule has 0 aromatic carbocycles. The zero-order valence-corrected chi connectivity index (χ0v) is 11.6. The Morgan fingerprint density at radius 2 is 2.06 bits per heavy atom. The molecule has 1 saturated carbocycles. The number of nitrogens with one attached hydrogen (secondary N) is 1. The van der Waals surface area contributed by atoms with E-state index in [9.17, 15) is 13.2 Å². The zero-order chi connectivity index (χ0) is 13.3. The van der Waals surface area contributed by atoms with Gasteiger partial charge in [0.1, 0.15) is 9.09 Å². The molecule has 18 heavy (non-hydrogen) atoms. The predicted molar refractivity (Wildman–Crippen MR) is 68.6 cm³/mol. The molecule has 1 aliphatic rings. The van der Waals surface area contributed by atoms with Gasteiger partial charge in [0.15, 0.2) is 0 Å². The maximum absolute atomic E-state index is 12.1. The van der Waals surface area contributed by atoms with Gasteiger partial charge in [-0.1, -0.05) is 12.8 Å². The summed E-state index contributed by atoms with van der Waals surface area (Å²) in [5, 5.41) is 8.92. The molecule has 1 aliphatic carbocycles. The number of aromatic carboxylic acids is 1. The van der Waals surface area contributed by atoms with Crippen LogP contribution in [0.15, 0.2) is 10.3 Å². The first-order valence-corrected chi connectivity index (χ1v) is 8.06. The van der Waals surface area contributed by atoms with Crippen LogP contribution in [-0.4, -0.2) is 25.5 Å². The minimum atomic E-state index is -3.57. The van der Waals surface area contributed by atoms with Crippen LogP contribution in [0.4, 0.5) is 0 Å². The van der Waals surface area contributed by atoms with E-state index in [1.807, 2.05) is 0 Å². The summed E-state index contributed by atoms with van der Waals surface area (Å²) in [6, 6.07) is 1.41. The lowest BCUT2D eigenvalue weighted by molar-refractivity contribution is 0.0701. The Hall–Kier alpha value is -0.920. The van der Waals surface area contributed by atoms with Crippen LogP contribution in [0.3, 0.4) is 0 Å². The number of hydrogen-bond acceptors (Lipinski definition) is 4. The largest absolute Gasteiger partial charge is 0.477 e. The topological polar surface area (TPSA) is 83.5 Å². The normalized spacial score (nSPS) is 17.2. The van der Waals surface area contributed by atoms with E-state index in [1.54, 1.807) is 6.92 Å². The van der Waals surface area contributed by atoms with E-state index in [0.717, 1.165) is 37.0 Å². The highest BCUT2D eigenvalue weighted by atomic mass is 32.2. The Kier molecular flexibility index (Phi) is 3.74. The Morgan fingerprint density at radius 1 is 1.44 bits per heavy atom. The minimum absolute atomic E-state index is 0.00863. The van der Waals surface area contributed by atoms with Gasteiger partial charge in [0.25, 0.3) is 0 Å². The highest BCUT2D eigenvalue weighted by Crippen LogP contribution is 2.27. The summed E-state index contributed by atoms with van der Waals surface area (Å²) in [7, 11) is -3.57. The number of aryl methyl sites for hydroxylation is 1. The number of carboxylic acid groups (broad SMARTS) is 1. The highest BCUT2D eigenvalue weighted by Gasteiger charge is 2.26. The summed E-state index contributed by atoms with van der Waals surface area (Å²) >= 11 is 0.808. The SMILES string of the molecule is Cc1cc(S(=O)(=O)NC2CCCC2)sc1C(=O)O. The zero-order valence-electron chi connectivity index (χ0n) is 9.97. The van der Waals surface area contributed by atoms with Crippen molar-refractivity contribution in [1.82, 2.24) is 4.72 Å². The lowest BCUT2D eigenvalue weighted by Crippen LogP contribution is -2.32. The summed E-state index contributed by atoms with van der Waals surface area (Å²) in [5.41, 5.74) is 0.485. The second-order valence-corrected chi connectivity index (χ2v) is 7.48. The van der Waals surface area contributed by atoms with Crippen LogP contribution in [-0.2, 0) is 10.0 Å². The third-order valence-corrected chi connectivity index (χ3v) is 6.25. The van der Waals surface area contributed by atoms with Crippen LogP contribution in [0.25, 0.3) is 0 Å². The number of carboxylic acids is 1. The third kappa shape index (κ3) is 2.73. The van der Waals surface area contributed by atoms with Gasteiger partial charge in [-0.25, -0.2) is 17.9 Å². The van der Waals surface area contributed by atoms with Crippen molar-refractivity contribution >= 4 is 27.3 Å². The van der Waals surface area contributed by atoms with Crippen molar-refractivity contribution in [2.75, 3.05) is 0 Å². The van der Waals surface area contributed by atoms with E-state index in [2.05, 4.69) is 4.72 Å². The molecule has 2 N–H and O–H groups in total. The molecule has 2 rings (SSSR count). The van der Waals surface area contributed by atoms with Gasteiger partial charge in [-0.15, -0.1) is 11.3 Å². The van der Waals surface area contributed by atoms with E-state index >= 15 is 0 Å². The number of hydrogen-bond donors (Lipinski definition) is 2. The van der Waals surface area contributed by atoms with Crippen molar-refractivity contribution in [2.45, 2.75) is 42.9 Å². The molecule has 0 radical (unpaired) electrons. The van der Waals surface area contributed by atoms with Crippen molar-refractivity contribution in [3.05, 3.63) is 16.5 Å². The van der Waals surface area contributed by atoms with E-state index in [0.29, 0.717) is 5.56 Å². The van der Waals surface area contributed by atoms with Gasteiger partial charge >= 0.3 is 5.97 Å². The lowest BCUT2D eigenvalue weighted by Gasteiger charge is -2.10. The number of thiophene rings is 1. The Balaban J connectivity index is 2.24. The molecule has 0 aliphatic heterocycles. The average molecular weight is 289 g/mol. The quantitative estimate of drug-likeness (QED) is 0.887. The average Bonchev–Trinajstić information content (AvgIpc) is 2.86. The molecule has 0 saturated heterocycles. The summed E-state index contributed by atoms with van der Waals surface area (Å²) in [6.07, 6.45) is 3.79. The molecule has 7 heteroatoms. The highest BCUT2D eigenvalue weighted by molar-refractivity contribution is 7.91. The fraction of sp³-hybridized carbons (Fsp3) is 0.545. The van der Waals surface area contributed by atoms with Gasteiger partial charge in [-0.3, -0.25) is 0 Å². The molecule has 0 bridgehead atoms. The van der Waals surface area contributed by atoms with Gasteiger partial charge in [0, 0.05) is 6.04 Å². The van der Waals surface area contributed by atoms with E-state index in [4.69, 9.17) is 5.11 Å². The van der Waals surface area contributed by atoms with Crippen molar-refractivity contribution in [3.63, 3.8) is 0 Å². The Morgan fingerprint density at radius 3 is 2.56 bits per heavy atom. The van der Waals surface area contributed by atoms with Crippen LogP contribution >= 0.6 is 11.3 Å². The second kappa shape index (κ2) is 4.99. The van der Waals surface area contributed by atoms with Gasteiger partial charge in [0.05, 0.1) is 0 Å². The van der Waals surface area contributed by atoms with Gasteiger partial charge < -0.3 is 5.11 Å². The van der Waals surface area contributed by atoms with Crippen LogP contribution < -0.4 is 4.72 Å². The van der Waals surface area contributed by atoms with Crippen LogP contribution in [0.2, 0.25) is 0 Å². The van der Waals surface area contributed by atoms with Crippen LogP contribution in [0.1, 0.15) is 40.9 Å². The molecule has 1 aromatic heterocycles. The first-order valence-electron chi connectivity index (χ1n) is 5.76. The standard InChI is InChI=1S/C11H15NO4S2/c1-7-6-9(17-10(7)11(13)14)18(15,16)12-8-4-2-3-5-8/h6,8,12H,2-5H2,1H3,(H,13,14). The summed E-state index contributed by atoms with van der Waals surface area (Å²) < 4.78 is 26.9. The number of sulfonamides is 1. The van der Waals surface area contributed by atoms with Crippen LogP contribution in [0.5, 0.6) is 0 Å². The van der Waals surface area contributed by atoms with Crippen LogP contribution in [0, 0.1) is 6.92 Å². The maximum atomic E-state index is 12.1. The fourth-order valence-corrected chi connectivity index (χ4v) is 4.82. The molecule has 100 valence electrons. The van der Waals surface area contributed by atoms with Crippen molar-refractivity contribution in [2.24, 2.45) is 0 Å². The summed E-state index contributed by atoms with van der Waals surface area (Å²) in [5.74, 6) is -1.08. The van der Waals surface area contributed by atoms with Gasteiger partial charge in [-0.2, -0.15) is 0 Å². The van der Waals surface area contributed by atoms with Gasteiger partial charge in [0.2, 0.25) is 10.0 Å². The molecule has 5 nitrogen and oxygen atoms in total. The fourth-order valence-electron chi connectivity index (χ4n) is 2.12.